The minimum absolute atomic E-state index is 0.0364. The van der Waals surface area contributed by atoms with Crippen molar-refractivity contribution < 1.29 is 13.6 Å². The molecule has 0 saturated carbocycles. The summed E-state index contributed by atoms with van der Waals surface area (Å²) in [5, 5.41) is 0. The normalized spacial score (nSPS) is 21.8. The van der Waals surface area contributed by atoms with Gasteiger partial charge in [-0.1, -0.05) is 80.1 Å². The Morgan fingerprint density at radius 3 is 2.58 bits per heavy atom. The maximum atomic E-state index is 15.2. The molecule has 3 aliphatic carbocycles. The lowest BCUT2D eigenvalue weighted by Gasteiger charge is -2.25. The Kier molecular flexibility index (Phi) is 9.31. The average molecular weight is 515 g/mol. The third-order valence-electron chi connectivity index (χ3n) is 8.08. The van der Waals surface area contributed by atoms with Crippen molar-refractivity contribution in [3.8, 4) is 0 Å². The highest BCUT2D eigenvalue weighted by Crippen LogP contribution is 2.41. The Hall–Kier alpha value is -3.07. The van der Waals surface area contributed by atoms with E-state index in [1.165, 1.54) is 18.1 Å². The van der Waals surface area contributed by atoms with E-state index < -0.39 is 5.92 Å². The van der Waals surface area contributed by atoms with Gasteiger partial charge in [0.05, 0.1) is 0 Å². The van der Waals surface area contributed by atoms with Crippen LogP contribution in [0.25, 0.3) is 5.57 Å². The molecule has 0 radical (unpaired) electrons. The summed E-state index contributed by atoms with van der Waals surface area (Å²) in [6.07, 6.45) is 20.7. The van der Waals surface area contributed by atoms with Crippen LogP contribution in [0.2, 0.25) is 0 Å². The Morgan fingerprint density at radius 2 is 1.84 bits per heavy atom. The molecule has 1 atom stereocenters. The molecule has 0 fully saturated rings. The van der Waals surface area contributed by atoms with Gasteiger partial charge in [-0.15, -0.1) is 0 Å². The van der Waals surface area contributed by atoms with Gasteiger partial charge >= 0.3 is 0 Å². The maximum absolute atomic E-state index is 15.2. The summed E-state index contributed by atoms with van der Waals surface area (Å²) in [5.41, 5.74) is 6.71. The van der Waals surface area contributed by atoms with Crippen LogP contribution < -0.4 is 0 Å². The van der Waals surface area contributed by atoms with E-state index in [1.54, 1.807) is 12.2 Å². The summed E-state index contributed by atoms with van der Waals surface area (Å²) in [4.78, 5) is 13.7. The number of Topliss-reactive ketones (excluding diaryl/α,β-unsaturated/α-hetero) is 1. The maximum Gasteiger partial charge on any atom is 0.273 e. The summed E-state index contributed by atoms with van der Waals surface area (Å²) >= 11 is 0. The molecule has 1 aromatic rings. The SMILES string of the molecule is CC/C(C)=C(/C=C1\CC=C(c2ccccc2)C=C1C(F)(F)CC)C(=O)CC1CC=C(C2=CCC=CCC2)C1. The van der Waals surface area contributed by atoms with Gasteiger partial charge in [0.25, 0.3) is 5.92 Å². The molecule has 1 nitrogen and oxygen atoms in total. The topological polar surface area (TPSA) is 17.1 Å². The minimum Gasteiger partial charge on any atom is -0.294 e. The number of hydrogen-bond donors (Lipinski definition) is 0. The highest BCUT2D eigenvalue weighted by atomic mass is 19.3. The van der Waals surface area contributed by atoms with Crippen molar-refractivity contribution in [2.45, 2.75) is 84.5 Å². The largest absolute Gasteiger partial charge is 0.294 e. The quantitative estimate of drug-likeness (QED) is 0.237. The molecule has 3 heteroatoms. The van der Waals surface area contributed by atoms with Gasteiger partial charge in [0.1, 0.15) is 0 Å². The lowest BCUT2D eigenvalue weighted by atomic mass is 9.84. The second kappa shape index (κ2) is 12.7. The number of allylic oxidation sites excluding steroid dienone is 14. The molecule has 1 aromatic carbocycles. The fourth-order valence-corrected chi connectivity index (χ4v) is 5.58. The van der Waals surface area contributed by atoms with Crippen LogP contribution in [0.4, 0.5) is 8.78 Å². The molecule has 0 N–H and O–H groups in total. The predicted molar refractivity (Wildman–Crippen MR) is 155 cm³/mol. The van der Waals surface area contributed by atoms with Crippen LogP contribution in [-0.2, 0) is 4.79 Å². The lowest BCUT2D eigenvalue weighted by Crippen LogP contribution is -2.21. The number of rotatable bonds is 9. The van der Waals surface area contributed by atoms with Gasteiger partial charge in [-0.05, 0) is 97.8 Å². The molecule has 1 unspecified atom stereocenters. The van der Waals surface area contributed by atoms with E-state index in [0.717, 1.165) is 48.8 Å². The van der Waals surface area contributed by atoms with Crippen LogP contribution in [-0.4, -0.2) is 11.7 Å². The van der Waals surface area contributed by atoms with Crippen molar-refractivity contribution >= 4 is 11.4 Å². The molecule has 0 heterocycles. The van der Waals surface area contributed by atoms with Gasteiger partial charge in [0.15, 0.2) is 5.78 Å². The monoisotopic (exact) mass is 514 g/mol. The highest BCUT2D eigenvalue weighted by molar-refractivity contribution is 5.99. The molecule has 0 bridgehead atoms. The van der Waals surface area contributed by atoms with E-state index in [4.69, 9.17) is 0 Å². The van der Waals surface area contributed by atoms with Gasteiger partial charge < -0.3 is 0 Å². The fourth-order valence-electron chi connectivity index (χ4n) is 5.58. The lowest BCUT2D eigenvalue weighted by molar-refractivity contribution is -0.116. The van der Waals surface area contributed by atoms with Gasteiger partial charge in [0.2, 0.25) is 0 Å². The number of benzene rings is 1. The van der Waals surface area contributed by atoms with Gasteiger partial charge in [0, 0.05) is 24.0 Å². The van der Waals surface area contributed by atoms with E-state index in [9.17, 15) is 4.79 Å². The summed E-state index contributed by atoms with van der Waals surface area (Å²) in [6, 6.07) is 9.65. The molecule has 200 valence electrons. The van der Waals surface area contributed by atoms with Crippen LogP contribution in [0.15, 0.2) is 106 Å². The molecule has 0 spiro atoms. The third-order valence-corrected chi connectivity index (χ3v) is 8.08. The molecular formula is C35H40F2O. The first kappa shape index (κ1) is 28.0. The van der Waals surface area contributed by atoms with E-state index in [2.05, 4.69) is 24.3 Å². The number of halogens is 2. The van der Waals surface area contributed by atoms with Crippen LogP contribution in [0.5, 0.6) is 0 Å². The number of ketones is 1. The molecule has 3 aliphatic rings. The van der Waals surface area contributed by atoms with Crippen LogP contribution in [0.1, 0.15) is 84.1 Å². The molecule has 0 saturated heterocycles. The van der Waals surface area contributed by atoms with Crippen molar-refractivity contribution in [1.29, 1.82) is 0 Å². The summed E-state index contributed by atoms with van der Waals surface area (Å²) in [6.45, 7) is 5.50. The van der Waals surface area contributed by atoms with Crippen molar-refractivity contribution in [2.24, 2.45) is 5.92 Å². The van der Waals surface area contributed by atoms with Crippen LogP contribution >= 0.6 is 0 Å². The first-order valence-electron chi connectivity index (χ1n) is 14.1. The van der Waals surface area contributed by atoms with Crippen molar-refractivity contribution in [1.82, 2.24) is 0 Å². The Bertz CT molecular complexity index is 1250. The Labute approximate surface area is 227 Å². The van der Waals surface area contributed by atoms with Crippen molar-refractivity contribution in [3.05, 3.63) is 112 Å². The van der Waals surface area contributed by atoms with Crippen molar-refractivity contribution in [3.63, 3.8) is 0 Å². The second-order valence-corrected chi connectivity index (χ2v) is 10.7. The highest BCUT2D eigenvalue weighted by Gasteiger charge is 2.35. The van der Waals surface area contributed by atoms with Gasteiger partial charge in [-0.2, -0.15) is 0 Å². The molecule has 0 amide bonds. The Morgan fingerprint density at radius 1 is 1.05 bits per heavy atom. The number of hydrogen-bond acceptors (Lipinski definition) is 1. The van der Waals surface area contributed by atoms with Gasteiger partial charge in [-0.25, -0.2) is 8.78 Å². The first-order valence-corrected chi connectivity index (χ1v) is 14.1. The molecule has 4 rings (SSSR count). The van der Waals surface area contributed by atoms with Gasteiger partial charge in [-0.3, -0.25) is 4.79 Å². The molecular weight excluding hydrogens is 474 g/mol. The Balaban J connectivity index is 1.56. The van der Waals surface area contributed by atoms with E-state index in [0.29, 0.717) is 30.4 Å². The predicted octanol–water partition coefficient (Wildman–Crippen LogP) is 10.1. The second-order valence-electron chi connectivity index (χ2n) is 10.7. The molecule has 0 aromatic heterocycles. The van der Waals surface area contributed by atoms with E-state index in [-0.39, 0.29) is 23.7 Å². The number of alkyl halides is 2. The number of carbonyl (C=O) groups excluding carboxylic acids is 1. The average Bonchev–Trinajstić information content (AvgIpc) is 3.23. The minimum atomic E-state index is -2.96. The third kappa shape index (κ3) is 6.67. The van der Waals surface area contributed by atoms with E-state index in [1.807, 2.05) is 50.3 Å². The summed E-state index contributed by atoms with van der Waals surface area (Å²) < 4.78 is 30.5. The fraction of sp³-hybridized carbons (Fsp3) is 0.400. The first-order chi connectivity index (χ1) is 18.3. The molecule has 38 heavy (non-hydrogen) atoms. The summed E-state index contributed by atoms with van der Waals surface area (Å²) in [7, 11) is 0. The zero-order valence-electron chi connectivity index (χ0n) is 23.0. The summed E-state index contributed by atoms with van der Waals surface area (Å²) in [5.74, 6) is -2.61. The smallest absolute Gasteiger partial charge is 0.273 e. The zero-order valence-corrected chi connectivity index (χ0v) is 23.0. The standard InChI is InChI=1S/C35H40F2O/c1-4-25(3)32(34(38)22-26-17-18-29(21-26)27-13-9-6-7-10-14-27)23-31-20-19-30(28-15-11-8-12-16-28)24-33(31)35(36,37)5-2/h6-8,11-13,15-16,18-19,23-24,26H,4-5,9-10,14,17,20-22H2,1-3H3/b31-23+,32-25-. The van der Waals surface area contributed by atoms with Crippen LogP contribution in [0, 0.1) is 5.92 Å². The van der Waals surface area contributed by atoms with Crippen molar-refractivity contribution in [2.75, 3.05) is 0 Å². The molecule has 0 aliphatic heterocycles. The zero-order chi connectivity index (χ0) is 27.1. The van der Waals surface area contributed by atoms with E-state index >= 15 is 8.78 Å². The number of carbonyl (C=O) groups is 1. The van der Waals surface area contributed by atoms with Crippen LogP contribution in [0.3, 0.4) is 0 Å².